The summed E-state index contributed by atoms with van der Waals surface area (Å²) >= 11 is 1.39. The van der Waals surface area contributed by atoms with Crippen LogP contribution in [0.3, 0.4) is 0 Å². The molecule has 4 heterocycles. The molecule has 3 aromatic heterocycles. The fourth-order valence-corrected chi connectivity index (χ4v) is 5.46. The van der Waals surface area contributed by atoms with Gasteiger partial charge in [0.05, 0.1) is 0 Å². The van der Waals surface area contributed by atoms with E-state index in [1.54, 1.807) is 6.07 Å². The van der Waals surface area contributed by atoms with Gasteiger partial charge in [-0.25, -0.2) is 9.50 Å². The Labute approximate surface area is 162 Å². The van der Waals surface area contributed by atoms with Gasteiger partial charge in [-0.05, 0) is 43.6 Å². The fourth-order valence-electron chi connectivity index (χ4n) is 4.77. The Hall–Kier alpha value is -2.43. The number of rotatable bonds is 2. The van der Waals surface area contributed by atoms with Crippen molar-refractivity contribution in [2.45, 2.75) is 31.9 Å². The molecule has 0 aromatic carbocycles. The molecule has 0 amide bonds. The van der Waals surface area contributed by atoms with Crippen LogP contribution in [0.25, 0.3) is 5.65 Å². The van der Waals surface area contributed by atoms with E-state index < -0.39 is 11.9 Å². The number of alkyl halides is 3. The van der Waals surface area contributed by atoms with E-state index in [-0.39, 0.29) is 17.5 Å². The first-order chi connectivity index (χ1) is 13.3. The maximum absolute atomic E-state index is 13.4. The number of nitrogens with two attached hydrogens (primary N) is 1. The van der Waals surface area contributed by atoms with Gasteiger partial charge in [-0.2, -0.15) is 22.5 Å². The van der Waals surface area contributed by atoms with Gasteiger partial charge >= 0.3 is 6.18 Å². The van der Waals surface area contributed by atoms with Crippen LogP contribution in [0.15, 0.2) is 12.1 Å². The SMILES string of the molecule is Cc1nsc(N2CC3CCC(C2)C3c2ccc(C(F)(F)F)n3nc(N)nc23)n1. The number of anilines is 2. The summed E-state index contributed by atoms with van der Waals surface area (Å²) in [6, 6.07) is 2.66. The lowest BCUT2D eigenvalue weighted by Gasteiger charge is -2.38. The molecule has 1 aliphatic carbocycles. The molecule has 0 spiro atoms. The topological polar surface area (TPSA) is 85.2 Å². The summed E-state index contributed by atoms with van der Waals surface area (Å²) in [4.78, 5) is 10.9. The zero-order valence-electron chi connectivity index (χ0n) is 15.0. The van der Waals surface area contributed by atoms with Crippen LogP contribution in [0.5, 0.6) is 0 Å². The highest BCUT2D eigenvalue weighted by molar-refractivity contribution is 7.09. The minimum Gasteiger partial charge on any atom is -0.366 e. The number of halogens is 3. The Morgan fingerprint density at radius 1 is 1.14 bits per heavy atom. The molecule has 7 nitrogen and oxygen atoms in total. The summed E-state index contributed by atoms with van der Waals surface area (Å²) < 4.78 is 45.2. The molecule has 28 heavy (non-hydrogen) atoms. The summed E-state index contributed by atoms with van der Waals surface area (Å²) in [5.41, 5.74) is 5.82. The maximum Gasteiger partial charge on any atom is 0.433 e. The first kappa shape index (κ1) is 17.7. The second-order valence-electron chi connectivity index (χ2n) is 7.53. The van der Waals surface area contributed by atoms with Crippen molar-refractivity contribution in [3.8, 4) is 0 Å². The first-order valence-corrected chi connectivity index (χ1v) is 9.86. The van der Waals surface area contributed by atoms with E-state index in [4.69, 9.17) is 5.73 Å². The maximum atomic E-state index is 13.4. The van der Waals surface area contributed by atoms with E-state index in [1.807, 2.05) is 6.92 Å². The largest absolute Gasteiger partial charge is 0.433 e. The number of aryl methyl sites for hydroxylation is 1. The smallest absolute Gasteiger partial charge is 0.366 e. The van der Waals surface area contributed by atoms with Gasteiger partial charge in [0, 0.05) is 30.2 Å². The normalized spacial score (nSPS) is 25.0. The van der Waals surface area contributed by atoms with Gasteiger partial charge in [-0.3, -0.25) is 0 Å². The minimum absolute atomic E-state index is 0.138. The Kier molecular flexibility index (Phi) is 3.80. The minimum atomic E-state index is -4.52. The molecule has 2 bridgehead atoms. The van der Waals surface area contributed by atoms with Crippen molar-refractivity contribution in [2.75, 3.05) is 23.7 Å². The average molecular weight is 409 g/mol. The van der Waals surface area contributed by atoms with Gasteiger partial charge < -0.3 is 10.6 Å². The van der Waals surface area contributed by atoms with Crippen LogP contribution in [-0.2, 0) is 6.18 Å². The molecular formula is C17H18F3N7S. The van der Waals surface area contributed by atoms with Crippen LogP contribution >= 0.6 is 11.5 Å². The number of aromatic nitrogens is 5. The average Bonchev–Trinajstić information content (AvgIpc) is 3.28. The van der Waals surface area contributed by atoms with Crippen molar-refractivity contribution in [3.63, 3.8) is 0 Å². The predicted molar refractivity (Wildman–Crippen MR) is 98.2 cm³/mol. The second-order valence-corrected chi connectivity index (χ2v) is 8.26. The molecule has 2 unspecified atom stereocenters. The van der Waals surface area contributed by atoms with Crippen LogP contribution in [0.2, 0.25) is 0 Å². The zero-order chi connectivity index (χ0) is 19.6. The lowest BCUT2D eigenvalue weighted by molar-refractivity contribution is -0.142. The van der Waals surface area contributed by atoms with Crippen molar-refractivity contribution >= 4 is 28.3 Å². The predicted octanol–water partition coefficient (Wildman–Crippen LogP) is 3.12. The second kappa shape index (κ2) is 6.03. The Morgan fingerprint density at radius 2 is 1.86 bits per heavy atom. The standard InChI is InChI=1S/C17H18F3N7S/c1-8-22-16(28-25-8)26-6-9-2-3-10(7-26)13(9)11-4-5-12(17(18,19)20)27-14(11)23-15(21)24-27/h4-5,9-10,13H,2-3,6-7H2,1H3,(H2,21,24). The van der Waals surface area contributed by atoms with E-state index in [2.05, 4.69) is 24.3 Å². The van der Waals surface area contributed by atoms with Gasteiger partial charge in [0.2, 0.25) is 11.1 Å². The van der Waals surface area contributed by atoms with E-state index >= 15 is 0 Å². The number of piperidine rings is 1. The van der Waals surface area contributed by atoms with Crippen LogP contribution < -0.4 is 10.6 Å². The quantitative estimate of drug-likeness (QED) is 0.700. The molecule has 1 aliphatic heterocycles. The molecule has 0 radical (unpaired) electrons. The van der Waals surface area contributed by atoms with Crippen LogP contribution in [0, 0.1) is 18.8 Å². The summed E-state index contributed by atoms with van der Waals surface area (Å²) in [5.74, 6) is 1.39. The summed E-state index contributed by atoms with van der Waals surface area (Å²) in [6.07, 6.45) is -2.46. The number of nitrogen functional groups attached to an aromatic ring is 1. The van der Waals surface area contributed by atoms with E-state index in [0.717, 1.165) is 53.0 Å². The lowest BCUT2D eigenvalue weighted by Crippen LogP contribution is -2.41. The highest BCUT2D eigenvalue weighted by Gasteiger charge is 2.45. The summed E-state index contributed by atoms with van der Waals surface area (Å²) in [5, 5.41) is 4.72. The van der Waals surface area contributed by atoms with Gasteiger partial charge in [-0.1, -0.05) is 6.07 Å². The summed E-state index contributed by atoms with van der Waals surface area (Å²) in [6.45, 7) is 3.50. The third-order valence-corrected chi connectivity index (χ3v) is 6.67. The summed E-state index contributed by atoms with van der Waals surface area (Å²) in [7, 11) is 0. The molecule has 11 heteroatoms. The number of pyridine rings is 1. The lowest BCUT2D eigenvalue weighted by atomic mass is 9.80. The number of fused-ring (bicyclic) bond motifs is 3. The van der Waals surface area contributed by atoms with Crippen molar-refractivity contribution in [1.29, 1.82) is 0 Å². The van der Waals surface area contributed by atoms with Crippen molar-refractivity contribution in [3.05, 3.63) is 29.2 Å². The van der Waals surface area contributed by atoms with Gasteiger partial charge in [-0.15, -0.1) is 5.10 Å². The highest BCUT2D eigenvalue weighted by Crippen LogP contribution is 2.50. The Morgan fingerprint density at radius 3 is 2.46 bits per heavy atom. The van der Waals surface area contributed by atoms with Crippen LogP contribution in [-0.4, -0.2) is 37.0 Å². The number of hydrogen-bond acceptors (Lipinski definition) is 7. The van der Waals surface area contributed by atoms with Gasteiger partial charge in [0.25, 0.3) is 0 Å². The molecular weight excluding hydrogens is 391 g/mol. The fraction of sp³-hybridized carbons (Fsp3) is 0.529. The van der Waals surface area contributed by atoms with E-state index in [0.29, 0.717) is 11.8 Å². The van der Waals surface area contributed by atoms with Gasteiger partial charge in [0.15, 0.2) is 5.65 Å². The molecule has 2 atom stereocenters. The van der Waals surface area contributed by atoms with Crippen LogP contribution in [0.1, 0.15) is 35.8 Å². The molecule has 2 fully saturated rings. The molecule has 1 saturated carbocycles. The van der Waals surface area contributed by atoms with E-state index in [1.165, 1.54) is 11.5 Å². The third kappa shape index (κ3) is 2.71. The number of hydrogen-bond donors (Lipinski definition) is 1. The van der Waals surface area contributed by atoms with Crippen molar-refractivity contribution in [1.82, 2.24) is 24.0 Å². The van der Waals surface area contributed by atoms with Crippen molar-refractivity contribution in [2.24, 2.45) is 11.8 Å². The monoisotopic (exact) mass is 409 g/mol. The van der Waals surface area contributed by atoms with Crippen molar-refractivity contribution < 1.29 is 13.2 Å². The van der Waals surface area contributed by atoms with Gasteiger partial charge in [0.1, 0.15) is 11.5 Å². The molecule has 5 rings (SSSR count). The molecule has 148 valence electrons. The highest BCUT2D eigenvalue weighted by atomic mass is 32.1. The third-order valence-electron chi connectivity index (χ3n) is 5.80. The molecule has 2 N–H and O–H groups in total. The number of nitrogens with zero attached hydrogens (tertiary/aromatic N) is 6. The molecule has 3 aromatic rings. The van der Waals surface area contributed by atoms with Crippen LogP contribution in [0.4, 0.5) is 24.3 Å². The van der Waals surface area contributed by atoms with E-state index in [9.17, 15) is 13.2 Å². The molecule has 1 saturated heterocycles. The first-order valence-electron chi connectivity index (χ1n) is 9.09. The Bertz CT molecular complexity index is 1030. The zero-order valence-corrected chi connectivity index (χ0v) is 15.8. The Balaban J connectivity index is 1.53. The molecule has 2 aliphatic rings.